The Morgan fingerprint density at radius 2 is 2.05 bits per heavy atom. The fourth-order valence-corrected chi connectivity index (χ4v) is 3.21. The lowest BCUT2D eigenvalue weighted by molar-refractivity contribution is -0.125. The topological polar surface area (TPSA) is 41.1 Å². The molecule has 0 bridgehead atoms. The number of hydrogen-bond donors (Lipinski definition) is 2. The highest BCUT2D eigenvalue weighted by Crippen LogP contribution is 2.29. The minimum absolute atomic E-state index is 0.0889. The summed E-state index contributed by atoms with van der Waals surface area (Å²) < 4.78 is 0. The predicted molar refractivity (Wildman–Crippen MR) is 87.8 cm³/mol. The van der Waals surface area contributed by atoms with E-state index in [2.05, 4.69) is 43.5 Å². The van der Waals surface area contributed by atoms with Gasteiger partial charge in [-0.05, 0) is 37.8 Å². The molecule has 0 saturated carbocycles. The van der Waals surface area contributed by atoms with Gasteiger partial charge >= 0.3 is 0 Å². The van der Waals surface area contributed by atoms with E-state index in [0.717, 1.165) is 5.75 Å². The first-order valence-electron chi connectivity index (χ1n) is 7.09. The Labute approximate surface area is 126 Å². The molecule has 2 unspecified atom stereocenters. The van der Waals surface area contributed by atoms with Crippen LogP contribution in [0.3, 0.4) is 0 Å². The Morgan fingerprint density at radius 3 is 2.60 bits per heavy atom. The summed E-state index contributed by atoms with van der Waals surface area (Å²) in [4.78, 5) is 12.1. The highest BCUT2D eigenvalue weighted by molar-refractivity contribution is 8.00. The van der Waals surface area contributed by atoms with E-state index in [1.54, 1.807) is 11.8 Å². The van der Waals surface area contributed by atoms with Crippen LogP contribution in [0.25, 0.3) is 0 Å². The molecule has 1 aromatic carbocycles. The van der Waals surface area contributed by atoms with Crippen LogP contribution in [0, 0.1) is 12.8 Å². The molecule has 2 atom stereocenters. The van der Waals surface area contributed by atoms with Crippen LogP contribution < -0.4 is 10.6 Å². The smallest absolute Gasteiger partial charge is 0.225 e. The van der Waals surface area contributed by atoms with E-state index < -0.39 is 0 Å². The van der Waals surface area contributed by atoms with Crippen LogP contribution in [0.1, 0.15) is 31.9 Å². The molecule has 1 amide bonds. The molecule has 0 heterocycles. The molecule has 0 aliphatic heterocycles. The monoisotopic (exact) mass is 294 g/mol. The van der Waals surface area contributed by atoms with Crippen LogP contribution in [-0.2, 0) is 11.3 Å². The molecule has 20 heavy (non-hydrogen) atoms. The fraction of sp³-hybridized carbons (Fsp3) is 0.562. The zero-order valence-corrected chi connectivity index (χ0v) is 13.9. The maximum absolute atomic E-state index is 12.3. The van der Waals surface area contributed by atoms with Gasteiger partial charge in [-0.2, -0.15) is 0 Å². The second kappa shape index (κ2) is 7.70. The molecule has 3 nitrogen and oxygen atoms in total. The van der Waals surface area contributed by atoms with Crippen LogP contribution in [-0.4, -0.2) is 23.6 Å². The van der Waals surface area contributed by atoms with Gasteiger partial charge in [0.05, 0.1) is 10.8 Å². The van der Waals surface area contributed by atoms with Crippen molar-refractivity contribution in [2.24, 2.45) is 5.92 Å². The van der Waals surface area contributed by atoms with Crippen molar-refractivity contribution in [3.8, 4) is 0 Å². The van der Waals surface area contributed by atoms with E-state index in [9.17, 15) is 4.79 Å². The third-order valence-corrected chi connectivity index (χ3v) is 5.32. The van der Waals surface area contributed by atoms with Gasteiger partial charge in [-0.15, -0.1) is 11.8 Å². The zero-order chi connectivity index (χ0) is 15.2. The third-order valence-electron chi connectivity index (χ3n) is 3.87. The van der Waals surface area contributed by atoms with Gasteiger partial charge in [0, 0.05) is 6.54 Å². The Bertz CT molecular complexity index is 450. The largest absolute Gasteiger partial charge is 0.352 e. The molecular formula is C16H26N2OS. The van der Waals surface area contributed by atoms with Gasteiger partial charge in [-0.25, -0.2) is 0 Å². The highest BCUT2D eigenvalue weighted by atomic mass is 32.2. The quantitative estimate of drug-likeness (QED) is 0.760. The van der Waals surface area contributed by atoms with Gasteiger partial charge in [-0.1, -0.05) is 38.1 Å². The van der Waals surface area contributed by atoms with Crippen molar-refractivity contribution in [2.45, 2.75) is 39.1 Å². The number of carbonyl (C=O) groups excluding carboxylic acids is 1. The predicted octanol–water partition coefficient (Wildman–Crippen LogP) is 2.94. The molecule has 1 rings (SSSR count). The molecule has 0 aromatic heterocycles. The molecular weight excluding hydrogens is 268 g/mol. The Morgan fingerprint density at radius 1 is 1.40 bits per heavy atom. The standard InChI is InChI=1S/C16H26N2OS/c1-6-20-16(4,17-5)13(3)15(19)18-11-14-10-8-7-9-12(14)2/h7-10,13,17H,6,11H2,1-5H3,(H,18,19). The number of amides is 1. The van der Waals surface area contributed by atoms with Crippen molar-refractivity contribution < 1.29 is 4.79 Å². The lowest BCUT2D eigenvalue weighted by Gasteiger charge is -2.33. The maximum atomic E-state index is 12.3. The van der Waals surface area contributed by atoms with Gasteiger partial charge in [0.2, 0.25) is 5.91 Å². The number of aryl methyl sites for hydroxylation is 1. The summed E-state index contributed by atoms with van der Waals surface area (Å²) >= 11 is 1.77. The first-order chi connectivity index (χ1) is 9.44. The summed E-state index contributed by atoms with van der Waals surface area (Å²) in [5.74, 6) is 0.972. The second-order valence-corrected chi connectivity index (χ2v) is 6.87. The molecule has 0 spiro atoms. The molecule has 2 N–H and O–H groups in total. The number of benzene rings is 1. The molecule has 4 heteroatoms. The SMILES string of the molecule is CCSC(C)(NC)C(C)C(=O)NCc1ccccc1C. The highest BCUT2D eigenvalue weighted by Gasteiger charge is 2.34. The lowest BCUT2D eigenvalue weighted by Crippen LogP contribution is -2.49. The number of rotatable bonds is 7. The normalized spacial score (nSPS) is 15.4. The molecule has 0 aliphatic carbocycles. The molecule has 0 radical (unpaired) electrons. The van der Waals surface area contributed by atoms with Gasteiger partial charge in [-0.3, -0.25) is 4.79 Å². The van der Waals surface area contributed by atoms with E-state index >= 15 is 0 Å². The van der Waals surface area contributed by atoms with Crippen molar-refractivity contribution in [1.82, 2.24) is 10.6 Å². The number of hydrogen-bond acceptors (Lipinski definition) is 3. The Kier molecular flexibility index (Phi) is 6.56. The third kappa shape index (κ3) is 4.25. The van der Waals surface area contributed by atoms with Crippen molar-refractivity contribution in [1.29, 1.82) is 0 Å². The average Bonchev–Trinajstić information content (AvgIpc) is 2.45. The second-order valence-electron chi connectivity index (χ2n) is 5.16. The van der Waals surface area contributed by atoms with Gasteiger partial charge < -0.3 is 10.6 Å². The lowest BCUT2D eigenvalue weighted by atomic mass is 10.0. The van der Waals surface area contributed by atoms with Gasteiger partial charge in [0.15, 0.2) is 0 Å². The molecule has 0 aliphatic rings. The summed E-state index contributed by atoms with van der Waals surface area (Å²) in [6.07, 6.45) is 0. The van der Waals surface area contributed by atoms with E-state index in [0.29, 0.717) is 6.54 Å². The summed E-state index contributed by atoms with van der Waals surface area (Å²) in [7, 11) is 1.91. The van der Waals surface area contributed by atoms with Gasteiger partial charge in [0.25, 0.3) is 0 Å². The van der Waals surface area contributed by atoms with E-state index in [1.165, 1.54) is 11.1 Å². The molecule has 112 valence electrons. The number of carbonyl (C=O) groups is 1. The minimum atomic E-state index is -0.232. The van der Waals surface area contributed by atoms with Crippen LogP contribution >= 0.6 is 11.8 Å². The van der Waals surface area contributed by atoms with Crippen molar-refractivity contribution in [3.05, 3.63) is 35.4 Å². The van der Waals surface area contributed by atoms with Crippen LogP contribution in [0.4, 0.5) is 0 Å². The number of nitrogens with one attached hydrogen (secondary N) is 2. The van der Waals surface area contributed by atoms with Crippen molar-refractivity contribution in [3.63, 3.8) is 0 Å². The minimum Gasteiger partial charge on any atom is -0.352 e. The molecule has 0 saturated heterocycles. The summed E-state index contributed by atoms with van der Waals surface area (Å²) in [6.45, 7) is 8.83. The van der Waals surface area contributed by atoms with Crippen LogP contribution in [0.2, 0.25) is 0 Å². The van der Waals surface area contributed by atoms with Crippen molar-refractivity contribution >= 4 is 17.7 Å². The van der Waals surface area contributed by atoms with Crippen molar-refractivity contribution in [2.75, 3.05) is 12.8 Å². The maximum Gasteiger partial charge on any atom is 0.225 e. The van der Waals surface area contributed by atoms with E-state index in [-0.39, 0.29) is 16.7 Å². The first-order valence-corrected chi connectivity index (χ1v) is 8.08. The first kappa shape index (κ1) is 17.1. The zero-order valence-electron chi connectivity index (χ0n) is 13.1. The van der Waals surface area contributed by atoms with Crippen LogP contribution in [0.5, 0.6) is 0 Å². The fourth-order valence-electron chi connectivity index (χ4n) is 2.11. The molecule has 1 aromatic rings. The summed E-state index contributed by atoms with van der Waals surface area (Å²) in [6, 6.07) is 8.13. The summed E-state index contributed by atoms with van der Waals surface area (Å²) in [5.41, 5.74) is 2.38. The Hall–Kier alpha value is -1.00. The van der Waals surface area contributed by atoms with Gasteiger partial charge in [0.1, 0.15) is 0 Å². The number of thioether (sulfide) groups is 1. The van der Waals surface area contributed by atoms with E-state index in [1.807, 2.05) is 26.1 Å². The van der Waals surface area contributed by atoms with Crippen LogP contribution in [0.15, 0.2) is 24.3 Å². The summed E-state index contributed by atoms with van der Waals surface area (Å²) in [5, 5.41) is 6.32. The average molecular weight is 294 g/mol. The molecule has 0 fully saturated rings. The van der Waals surface area contributed by atoms with E-state index in [4.69, 9.17) is 0 Å². The Balaban J connectivity index is 2.64.